The first-order chi connectivity index (χ1) is 12.1. The summed E-state index contributed by atoms with van der Waals surface area (Å²) in [5.74, 6) is 0.896. The van der Waals surface area contributed by atoms with E-state index in [-0.39, 0.29) is 5.91 Å². The third kappa shape index (κ3) is 5.18. The van der Waals surface area contributed by atoms with Gasteiger partial charge in [0.1, 0.15) is 11.3 Å². The number of rotatable bonds is 9. The first-order valence-corrected chi connectivity index (χ1v) is 8.67. The molecule has 0 radical (unpaired) electrons. The summed E-state index contributed by atoms with van der Waals surface area (Å²) in [6.45, 7) is 4.66. The lowest BCUT2D eigenvalue weighted by Gasteiger charge is -2.22. The van der Waals surface area contributed by atoms with Crippen LogP contribution in [0.4, 0.5) is 0 Å². The molecule has 0 saturated carbocycles. The van der Waals surface area contributed by atoms with Gasteiger partial charge in [0.05, 0.1) is 6.61 Å². The summed E-state index contributed by atoms with van der Waals surface area (Å²) in [6, 6.07) is 7.92. The molecule has 5 nitrogen and oxygen atoms in total. The van der Waals surface area contributed by atoms with Crippen molar-refractivity contribution in [3.05, 3.63) is 41.7 Å². The van der Waals surface area contributed by atoms with Gasteiger partial charge in [-0.1, -0.05) is 25.1 Å². The Kier molecular flexibility index (Phi) is 7.22. The zero-order valence-electron chi connectivity index (χ0n) is 15.6. The van der Waals surface area contributed by atoms with Crippen molar-refractivity contribution in [2.75, 3.05) is 47.4 Å². The van der Waals surface area contributed by atoms with E-state index < -0.39 is 0 Å². The fraction of sp³-hybridized carbons (Fsp3) is 0.450. The molecule has 0 aliphatic carbocycles. The van der Waals surface area contributed by atoms with Crippen molar-refractivity contribution in [3.8, 4) is 0 Å². The second-order valence-electron chi connectivity index (χ2n) is 6.24. The van der Waals surface area contributed by atoms with Gasteiger partial charge in [-0.05, 0) is 26.2 Å². The zero-order valence-corrected chi connectivity index (χ0v) is 15.6. The fourth-order valence-corrected chi connectivity index (χ4v) is 2.68. The molecule has 0 unspecified atom stereocenters. The van der Waals surface area contributed by atoms with Gasteiger partial charge in [-0.3, -0.25) is 4.79 Å². The predicted molar refractivity (Wildman–Crippen MR) is 102 cm³/mol. The summed E-state index contributed by atoms with van der Waals surface area (Å²) < 4.78 is 11.0. The van der Waals surface area contributed by atoms with Crippen molar-refractivity contribution >= 4 is 23.0 Å². The highest BCUT2D eigenvalue weighted by molar-refractivity contribution is 5.96. The molecule has 2 rings (SSSR count). The minimum absolute atomic E-state index is 0.00812. The van der Waals surface area contributed by atoms with Crippen LogP contribution in [0, 0.1) is 0 Å². The van der Waals surface area contributed by atoms with Crippen LogP contribution >= 0.6 is 0 Å². The van der Waals surface area contributed by atoms with Crippen molar-refractivity contribution in [2.24, 2.45) is 0 Å². The number of nitrogens with zero attached hydrogens (tertiary/aromatic N) is 2. The van der Waals surface area contributed by atoms with Gasteiger partial charge < -0.3 is 19.0 Å². The lowest BCUT2D eigenvalue weighted by Crippen LogP contribution is -2.37. The third-order valence-electron chi connectivity index (χ3n) is 4.12. The Hall–Kier alpha value is -2.11. The molecular weight excluding hydrogens is 316 g/mol. The molecule has 0 aliphatic heterocycles. The van der Waals surface area contributed by atoms with E-state index in [0.29, 0.717) is 19.7 Å². The number of methoxy groups -OCH3 is 1. The normalized spacial score (nSPS) is 11.7. The Labute approximate surface area is 149 Å². The number of carbonyl (C=O) groups is 1. The van der Waals surface area contributed by atoms with Gasteiger partial charge in [0, 0.05) is 50.2 Å². The number of carbonyl (C=O) groups excluding carboxylic acids is 1. The average Bonchev–Trinajstić information content (AvgIpc) is 2.97. The summed E-state index contributed by atoms with van der Waals surface area (Å²) in [7, 11) is 5.65. The lowest BCUT2D eigenvalue weighted by molar-refractivity contribution is -0.126. The van der Waals surface area contributed by atoms with Crippen molar-refractivity contribution in [2.45, 2.75) is 13.3 Å². The van der Waals surface area contributed by atoms with Gasteiger partial charge in [0.15, 0.2) is 0 Å². The molecule has 1 heterocycles. The molecule has 25 heavy (non-hydrogen) atoms. The Morgan fingerprint density at radius 2 is 1.96 bits per heavy atom. The van der Waals surface area contributed by atoms with Crippen LogP contribution in [0.5, 0.6) is 0 Å². The van der Waals surface area contributed by atoms with Crippen molar-refractivity contribution in [1.29, 1.82) is 0 Å². The molecule has 0 fully saturated rings. The Morgan fingerprint density at radius 1 is 1.20 bits per heavy atom. The standard InChI is InChI=1S/C20H28N2O3/c1-5-18-17(16-8-6-7-9-19(16)25-18)10-11-20(23)22(14-15-24-4)13-12-21(2)3/h6-11H,5,12-15H2,1-4H3. The summed E-state index contributed by atoms with van der Waals surface area (Å²) in [4.78, 5) is 16.5. The van der Waals surface area contributed by atoms with Crippen LogP contribution in [-0.4, -0.2) is 63.2 Å². The SMILES string of the molecule is CCc1oc2ccccc2c1C=CC(=O)N(CCOC)CCN(C)C. The maximum absolute atomic E-state index is 12.6. The number of ether oxygens (including phenoxy) is 1. The molecule has 0 saturated heterocycles. The molecular formula is C20H28N2O3. The molecule has 0 atom stereocenters. The summed E-state index contributed by atoms with van der Waals surface area (Å²) in [5.41, 5.74) is 1.85. The fourth-order valence-electron chi connectivity index (χ4n) is 2.68. The first-order valence-electron chi connectivity index (χ1n) is 8.67. The number of hydrogen-bond donors (Lipinski definition) is 0. The van der Waals surface area contributed by atoms with Gasteiger partial charge in [-0.15, -0.1) is 0 Å². The Bertz CT molecular complexity index is 719. The van der Waals surface area contributed by atoms with Gasteiger partial charge in [0.2, 0.25) is 5.91 Å². The molecule has 5 heteroatoms. The van der Waals surface area contributed by atoms with Crippen LogP contribution in [0.3, 0.4) is 0 Å². The van der Waals surface area contributed by atoms with Crippen LogP contribution in [0.15, 0.2) is 34.8 Å². The first kappa shape index (κ1) is 19.2. The van der Waals surface area contributed by atoms with E-state index in [4.69, 9.17) is 9.15 Å². The lowest BCUT2D eigenvalue weighted by atomic mass is 10.1. The molecule has 0 bridgehead atoms. The monoisotopic (exact) mass is 344 g/mol. The second-order valence-corrected chi connectivity index (χ2v) is 6.24. The second kappa shape index (κ2) is 9.39. The largest absolute Gasteiger partial charge is 0.460 e. The van der Waals surface area contributed by atoms with E-state index in [1.807, 2.05) is 49.3 Å². The minimum Gasteiger partial charge on any atom is -0.460 e. The van der Waals surface area contributed by atoms with Crippen LogP contribution in [-0.2, 0) is 16.0 Å². The summed E-state index contributed by atoms with van der Waals surface area (Å²) in [5, 5.41) is 1.04. The van der Waals surface area contributed by atoms with E-state index >= 15 is 0 Å². The molecule has 0 aliphatic rings. The van der Waals surface area contributed by atoms with E-state index in [1.165, 1.54) is 0 Å². The quantitative estimate of drug-likeness (QED) is 0.656. The van der Waals surface area contributed by atoms with E-state index in [2.05, 4.69) is 11.8 Å². The maximum atomic E-state index is 12.6. The highest BCUT2D eigenvalue weighted by Crippen LogP contribution is 2.27. The Morgan fingerprint density at radius 3 is 2.64 bits per heavy atom. The van der Waals surface area contributed by atoms with Gasteiger partial charge in [0.25, 0.3) is 0 Å². The van der Waals surface area contributed by atoms with Crippen molar-refractivity contribution in [3.63, 3.8) is 0 Å². The predicted octanol–water partition coefficient (Wildman–Crippen LogP) is 3.05. The van der Waals surface area contributed by atoms with E-state index in [9.17, 15) is 4.79 Å². The molecule has 0 spiro atoms. The summed E-state index contributed by atoms with van der Waals surface area (Å²) >= 11 is 0. The average molecular weight is 344 g/mol. The summed E-state index contributed by atoms with van der Waals surface area (Å²) in [6.07, 6.45) is 4.31. The molecule has 136 valence electrons. The molecule has 1 amide bonds. The van der Waals surface area contributed by atoms with Crippen molar-refractivity contribution in [1.82, 2.24) is 9.80 Å². The van der Waals surface area contributed by atoms with Crippen LogP contribution in [0.1, 0.15) is 18.2 Å². The topological polar surface area (TPSA) is 45.9 Å². The zero-order chi connectivity index (χ0) is 18.2. The number of furan rings is 1. The number of benzene rings is 1. The highest BCUT2D eigenvalue weighted by atomic mass is 16.5. The molecule has 0 N–H and O–H groups in total. The highest BCUT2D eigenvalue weighted by Gasteiger charge is 2.13. The molecule has 2 aromatic rings. The number of amides is 1. The van der Waals surface area contributed by atoms with Gasteiger partial charge in [-0.2, -0.15) is 0 Å². The van der Waals surface area contributed by atoms with Crippen LogP contribution in [0.25, 0.3) is 17.0 Å². The number of likely N-dealkylation sites (N-methyl/N-ethyl adjacent to an activating group) is 1. The van der Waals surface area contributed by atoms with Gasteiger partial charge in [-0.25, -0.2) is 0 Å². The van der Waals surface area contributed by atoms with Crippen LogP contribution in [0.2, 0.25) is 0 Å². The van der Waals surface area contributed by atoms with Gasteiger partial charge >= 0.3 is 0 Å². The maximum Gasteiger partial charge on any atom is 0.246 e. The van der Waals surface area contributed by atoms with E-state index in [1.54, 1.807) is 13.2 Å². The van der Waals surface area contributed by atoms with Crippen molar-refractivity contribution < 1.29 is 13.9 Å². The molecule has 1 aromatic carbocycles. The smallest absolute Gasteiger partial charge is 0.246 e. The van der Waals surface area contributed by atoms with Crippen LogP contribution < -0.4 is 0 Å². The Balaban J connectivity index is 2.19. The minimum atomic E-state index is -0.00812. The van der Waals surface area contributed by atoms with E-state index in [0.717, 1.165) is 35.3 Å². The number of fused-ring (bicyclic) bond motifs is 1. The number of hydrogen-bond acceptors (Lipinski definition) is 4. The number of para-hydroxylation sites is 1. The molecule has 1 aromatic heterocycles. The number of aryl methyl sites for hydroxylation is 1. The third-order valence-corrected chi connectivity index (χ3v) is 4.12.